The normalized spacial score (nSPS) is 10.2. The van der Waals surface area contributed by atoms with E-state index in [9.17, 15) is 14.9 Å². The van der Waals surface area contributed by atoms with Crippen molar-refractivity contribution in [2.75, 3.05) is 0 Å². The first-order valence-electron chi connectivity index (χ1n) is 6.43. The molecular weight excluding hydrogens is 270 g/mol. The van der Waals surface area contributed by atoms with Crippen molar-refractivity contribution in [3.63, 3.8) is 0 Å². The van der Waals surface area contributed by atoms with E-state index in [1.165, 1.54) is 25.1 Å². The Kier molecular flexibility index (Phi) is 4.03. The van der Waals surface area contributed by atoms with Crippen LogP contribution in [0.3, 0.4) is 0 Å². The van der Waals surface area contributed by atoms with E-state index in [-0.39, 0.29) is 22.8 Å². The summed E-state index contributed by atoms with van der Waals surface area (Å²) in [5.41, 5.74) is 1.95. The molecule has 0 unspecified atom stereocenters. The predicted octanol–water partition coefficient (Wildman–Crippen LogP) is 4.21. The Bertz CT molecular complexity index is 722. The SMILES string of the molecule is CC(=O)c1ccc(Oc2cc(C)ccc2C)c([N+](=O)[O-])c1. The van der Waals surface area contributed by atoms with E-state index in [4.69, 9.17) is 4.74 Å². The molecular formula is C16H15NO4. The molecule has 0 saturated heterocycles. The van der Waals surface area contributed by atoms with Gasteiger partial charge in [-0.3, -0.25) is 14.9 Å². The number of hydrogen-bond donors (Lipinski definition) is 0. The molecule has 0 saturated carbocycles. The van der Waals surface area contributed by atoms with Crippen LogP contribution in [0.15, 0.2) is 36.4 Å². The summed E-state index contributed by atoms with van der Waals surface area (Å²) < 4.78 is 5.66. The van der Waals surface area contributed by atoms with Gasteiger partial charge in [0.15, 0.2) is 5.78 Å². The van der Waals surface area contributed by atoms with E-state index < -0.39 is 4.92 Å². The molecule has 5 nitrogen and oxygen atoms in total. The molecule has 2 aromatic carbocycles. The van der Waals surface area contributed by atoms with Crippen molar-refractivity contribution < 1.29 is 14.5 Å². The topological polar surface area (TPSA) is 69.4 Å². The minimum absolute atomic E-state index is 0.124. The monoisotopic (exact) mass is 285 g/mol. The summed E-state index contributed by atoms with van der Waals surface area (Å²) >= 11 is 0. The largest absolute Gasteiger partial charge is 0.450 e. The van der Waals surface area contributed by atoms with Crippen molar-refractivity contribution in [1.29, 1.82) is 0 Å². The third kappa shape index (κ3) is 3.25. The molecule has 2 aromatic rings. The van der Waals surface area contributed by atoms with Gasteiger partial charge in [0.25, 0.3) is 0 Å². The fourth-order valence-corrected chi connectivity index (χ4v) is 1.90. The van der Waals surface area contributed by atoms with Crippen LogP contribution in [0.4, 0.5) is 5.69 Å². The number of aryl methyl sites for hydroxylation is 2. The van der Waals surface area contributed by atoms with Crippen LogP contribution in [0.25, 0.3) is 0 Å². The minimum atomic E-state index is -0.549. The second kappa shape index (κ2) is 5.75. The average Bonchev–Trinajstić information content (AvgIpc) is 2.42. The Morgan fingerprint density at radius 2 is 1.81 bits per heavy atom. The third-order valence-electron chi connectivity index (χ3n) is 3.13. The first kappa shape index (κ1) is 14.7. The number of nitro groups is 1. The van der Waals surface area contributed by atoms with Gasteiger partial charge in [-0.25, -0.2) is 0 Å². The molecule has 0 aliphatic carbocycles. The molecule has 0 spiro atoms. The first-order valence-corrected chi connectivity index (χ1v) is 6.43. The average molecular weight is 285 g/mol. The van der Waals surface area contributed by atoms with Crippen molar-refractivity contribution in [3.05, 3.63) is 63.2 Å². The molecule has 0 bridgehead atoms. The number of nitrogens with zero attached hydrogens (tertiary/aromatic N) is 1. The number of rotatable bonds is 4. The molecule has 0 aliphatic heterocycles. The van der Waals surface area contributed by atoms with Crippen LogP contribution >= 0.6 is 0 Å². The highest BCUT2D eigenvalue weighted by Crippen LogP contribution is 2.34. The van der Waals surface area contributed by atoms with Crippen molar-refractivity contribution >= 4 is 11.5 Å². The lowest BCUT2D eigenvalue weighted by molar-refractivity contribution is -0.385. The zero-order valence-electron chi connectivity index (χ0n) is 12.0. The first-order chi connectivity index (χ1) is 9.88. The van der Waals surface area contributed by atoms with Crippen molar-refractivity contribution in [3.8, 4) is 11.5 Å². The van der Waals surface area contributed by atoms with Gasteiger partial charge in [-0.1, -0.05) is 12.1 Å². The lowest BCUT2D eigenvalue weighted by Gasteiger charge is -2.10. The number of carbonyl (C=O) groups excluding carboxylic acids is 1. The maximum absolute atomic E-state index is 11.3. The molecule has 0 heterocycles. The van der Waals surface area contributed by atoms with E-state index in [1.807, 2.05) is 32.0 Å². The van der Waals surface area contributed by atoms with Gasteiger partial charge in [-0.15, -0.1) is 0 Å². The predicted molar refractivity (Wildman–Crippen MR) is 79.1 cm³/mol. The minimum Gasteiger partial charge on any atom is -0.450 e. The number of carbonyl (C=O) groups is 1. The second-order valence-electron chi connectivity index (χ2n) is 4.87. The standard InChI is InChI=1S/C16H15NO4/c1-10-4-5-11(2)16(8-10)21-15-7-6-13(12(3)18)9-14(15)17(19)20/h4-9H,1-3H3. The summed E-state index contributed by atoms with van der Waals surface area (Å²) in [6.07, 6.45) is 0. The van der Waals surface area contributed by atoms with Crippen LogP contribution < -0.4 is 4.74 Å². The Balaban J connectivity index is 2.46. The maximum Gasteiger partial charge on any atom is 0.312 e. The van der Waals surface area contributed by atoms with Gasteiger partial charge in [-0.2, -0.15) is 0 Å². The molecule has 2 rings (SSSR count). The number of benzene rings is 2. The van der Waals surface area contributed by atoms with Gasteiger partial charge in [0.2, 0.25) is 5.75 Å². The van der Waals surface area contributed by atoms with E-state index in [0.29, 0.717) is 5.75 Å². The van der Waals surface area contributed by atoms with Crippen molar-refractivity contribution in [1.82, 2.24) is 0 Å². The van der Waals surface area contributed by atoms with Gasteiger partial charge in [0.05, 0.1) is 4.92 Å². The highest BCUT2D eigenvalue weighted by atomic mass is 16.6. The summed E-state index contributed by atoms with van der Waals surface area (Å²) in [4.78, 5) is 21.9. The molecule has 0 radical (unpaired) electrons. The highest BCUT2D eigenvalue weighted by Gasteiger charge is 2.18. The molecule has 0 fully saturated rings. The smallest absolute Gasteiger partial charge is 0.312 e. The molecule has 0 atom stereocenters. The zero-order valence-corrected chi connectivity index (χ0v) is 12.0. The van der Waals surface area contributed by atoms with Crippen molar-refractivity contribution in [2.24, 2.45) is 0 Å². The Hall–Kier alpha value is -2.69. The summed E-state index contributed by atoms with van der Waals surface area (Å²) in [5, 5.41) is 11.2. The summed E-state index contributed by atoms with van der Waals surface area (Å²) in [6.45, 7) is 5.15. The number of ketones is 1. The molecule has 108 valence electrons. The highest BCUT2D eigenvalue weighted by molar-refractivity contribution is 5.95. The van der Waals surface area contributed by atoms with Crippen LogP contribution in [-0.4, -0.2) is 10.7 Å². The van der Waals surface area contributed by atoms with E-state index in [2.05, 4.69) is 0 Å². The summed E-state index contributed by atoms with van der Waals surface area (Å²) in [7, 11) is 0. The summed E-state index contributed by atoms with van der Waals surface area (Å²) in [5.74, 6) is 0.462. The lowest BCUT2D eigenvalue weighted by Crippen LogP contribution is -1.98. The van der Waals surface area contributed by atoms with Gasteiger partial charge in [0, 0.05) is 11.6 Å². The van der Waals surface area contributed by atoms with E-state index in [0.717, 1.165) is 11.1 Å². The van der Waals surface area contributed by atoms with Crippen molar-refractivity contribution in [2.45, 2.75) is 20.8 Å². The fourth-order valence-electron chi connectivity index (χ4n) is 1.90. The number of Topliss-reactive ketones (excluding diaryl/α,β-unsaturated/α-hetero) is 1. The Labute approximate surface area is 122 Å². The molecule has 0 aromatic heterocycles. The molecule has 5 heteroatoms. The maximum atomic E-state index is 11.3. The molecule has 0 amide bonds. The summed E-state index contributed by atoms with van der Waals surface area (Å²) in [6, 6.07) is 9.86. The molecule has 0 N–H and O–H groups in total. The Morgan fingerprint density at radius 3 is 2.43 bits per heavy atom. The van der Waals surface area contributed by atoms with Gasteiger partial charge in [0.1, 0.15) is 5.75 Å². The van der Waals surface area contributed by atoms with E-state index in [1.54, 1.807) is 0 Å². The van der Waals surface area contributed by atoms with Gasteiger partial charge in [-0.05, 0) is 50.1 Å². The fraction of sp³-hybridized carbons (Fsp3) is 0.188. The second-order valence-corrected chi connectivity index (χ2v) is 4.87. The van der Waals surface area contributed by atoms with E-state index >= 15 is 0 Å². The quantitative estimate of drug-likeness (QED) is 0.479. The van der Waals surface area contributed by atoms with Crippen LogP contribution in [0.1, 0.15) is 28.4 Å². The van der Waals surface area contributed by atoms with Crippen LogP contribution in [-0.2, 0) is 0 Å². The van der Waals surface area contributed by atoms with Crippen LogP contribution in [0.2, 0.25) is 0 Å². The molecule has 21 heavy (non-hydrogen) atoms. The number of nitro benzene ring substituents is 1. The van der Waals surface area contributed by atoms with Crippen LogP contribution in [0.5, 0.6) is 11.5 Å². The molecule has 0 aliphatic rings. The number of hydrogen-bond acceptors (Lipinski definition) is 4. The zero-order chi connectivity index (χ0) is 15.6. The third-order valence-corrected chi connectivity index (χ3v) is 3.13. The van der Waals surface area contributed by atoms with Crippen LogP contribution in [0, 0.1) is 24.0 Å². The van der Waals surface area contributed by atoms with Gasteiger partial charge >= 0.3 is 5.69 Å². The van der Waals surface area contributed by atoms with Gasteiger partial charge < -0.3 is 4.74 Å². The Morgan fingerprint density at radius 1 is 1.10 bits per heavy atom. The number of ether oxygens (including phenoxy) is 1. The lowest BCUT2D eigenvalue weighted by atomic mass is 10.1.